The maximum Gasteiger partial charge on any atom is 0.166 e. The van der Waals surface area contributed by atoms with Crippen molar-refractivity contribution in [2.75, 3.05) is 14.2 Å². The van der Waals surface area contributed by atoms with Crippen LogP contribution in [-0.4, -0.2) is 36.0 Å². The van der Waals surface area contributed by atoms with Gasteiger partial charge in [-0.15, -0.1) is 0 Å². The van der Waals surface area contributed by atoms with Gasteiger partial charge >= 0.3 is 0 Å². The number of ketones is 2. The van der Waals surface area contributed by atoms with E-state index in [9.17, 15) is 19.8 Å². The molecule has 0 aliphatic rings. The number of carbonyl (C=O) groups excluding carboxylic acids is 2. The molecule has 2 aromatic carbocycles. The van der Waals surface area contributed by atoms with Gasteiger partial charge in [0.1, 0.15) is 23.0 Å². The van der Waals surface area contributed by atoms with Crippen molar-refractivity contribution in [3.63, 3.8) is 0 Å². The summed E-state index contributed by atoms with van der Waals surface area (Å²) >= 11 is 0. The standard InChI is InChI=1S/C24H30O6/c1-29-17-11-13-23(27)19(15-17)21(25)9-7-5-3-4-6-8-10-22(26)20-16-18(30-2)12-14-24(20)28/h11-16,27-28H,3-10H2,1-2H3. The molecule has 0 unspecified atom stereocenters. The molecule has 30 heavy (non-hydrogen) atoms. The van der Waals surface area contributed by atoms with Gasteiger partial charge in [0.15, 0.2) is 11.6 Å². The Morgan fingerprint density at radius 3 is 1.40 bits per heavy atom. The van der Waals surface area contributed by atoms with Gasteiger partial charge in [-0.05, 0) is 49.2 Å². The molecule has 0 radical (unpaired) electrons. The summed E-state index contributed by atoms with van der Waals surface area (Å²) in [5.74, 6) is 0.881. The van der Waals surface area contributed by atoms with E-state index in [0.29, 0.717) is 35.5 Å². The van der Waals surface area contributed by atoms with E-state index in [2.05, 4.69) is 0 Å². The highest BCUT2D eigenvalue weighted by Gasteiger charge is 2.13. The molecule has 6 heteroatoms. The van der Waals surface area contributed by atoms with Gasteiger partial charge in [-0.2, -0.15) is 0 Å². The molecule has 2 aromatic rings. The average Bonchev–Trinajstić information content (AvgIpc) is 2.75. The van der Waals surface area contributed by atoms with Crippen molar-refractivity contribution in [2.45, 2.75) is 51.4 Å². The predicted octanol–water partition coefficient (Wildman–Crippen LogP) is 5.30. The summed E-state index contributed by atoms with van der Waals surface area (Å²) in [6, 6.07) is 9.31. The minimum atomic E-state index is -0.0879. The highest BCUT2D eigenvalue weighted by atomic mass is 16.5. The van der Waals surface area contributed by atoms with Gasteiger partial charge in [0, 0.05) is 12.8 Å². The van der Waals surface area contributed by atoms with Crippen LogP contribution >= 0.6 is 0 Å². The predicted molar refractivity (Wildman–Crippen MR) is 115 cm³/mol. The number of aromatic hydroxyl groups is 2. The van der Waals surface area contributed by atoms with Gasteiger partial charge in [-0.1, -0.05) is 25.7 Å². The number of phenols is 2. The lowest BCUT2D eigenvalue weighted by atomic mass is 10.0. The van der Waals surface area contributed by atoms with E-state index >= 15 is 0 Å². The van der Waals surface area contributed by atoms with Crippen LogP contribution in [0.2, 0.25) is 0 Å². The average molecular weight is 414 g/mol. The number of unbranched alkanes of at least 4 members (excludes halogenated alkanes) is 5. The van der Waals surface area contributed by atoms with Crippen LogP contribution in [0.15, 0.2) is 36.4 Å². The van der Waals surface area contributed by atoms with Crippen LogP contribution in [0.3, 0.4) is 0 Å². The van der Waals surface area contributed by atoms with Gasteiger partial charge in [0.05, 0.1) is 25.3 Å². The van der Waals surface area contributed by atoms with Crippen molar-refractivity contribution in [3.05, 3.63) is 47.5 Å². The van der Waals surface area contributed by atoms with Crippen molar-refractivity contribution in [1.82, 2.24) is 0 Å². The third-order valence-electron chi connectivity index (χ3n) is 5.07. The highest BCUT2D eigenvalue weighted by Crippen LogP contribution is 2.26. The molecule has 0 aliphatic carbocycles. The highest BCUT2D eigenvalue weighted by molar-refractivity contribution is 5.99. The van der Waals surface area contributed by atoms with Crippen LogP contribution in [-0.2, 0) is 0 Å². The SMILES string of the molecule is COc1ccc(O)c(C(=O)CCCCCCCCC(=O)c2cc(OC)ccc2O)c1. The molecule has 0 heterocycles. The van der Waals surface area contributed by atoms with Crippen molar-refractivity contribution in [1.29, 1.82) is 0 Å². The first-order chi connectivity index (χ1) is 14.5. The first kappa shape index (κ1) is 23.3. The summed E-state index contributed by atoms with van der Waals surface area (Å²) < 4.78 is 10.2. The van der Waals surface area contributed by atoms with Crippen molar-refractivity contribution in [2.24, 2.45) is 0 Å². The normalized spacial score (nSPS) is 10.6. The lowest BCUT2D eigenvalue weighted by Crippen LogP contribution is -2.01. The molecular formula is C24H30O6. The summed E-state index contributed by atoms with van der Waals surface area (Å²) in [4.78, 5) is 24.5. The molecule has 0 amide bonds. The molecule has 0 bridgehead atoms. The van der Waals surface area contributed by atoms with Crippen LogP contribution in [0, 0.1) is 0 Å². The van der Waals surface area contributed by atoms with E-state index in [1.807, 2.05) is 0 Å². The zero-order valence-corrected chi connectivity index (χ0v) is 17.6. The van der Waals surface area contributed by atoms with E-state index in [0.717, 1.165) is 38.5 Å². The Labute approximate surface area is 177 Å². The number of Topliss-reactive ketones (excluding diaryl/α,β-unsaturated/α-hetero) is 2. The summed E-state index contributed by atoms with van der Waals surface area (Å²) in [5.41, 5.74) is 0.599. The second-order valence-electron chi connectivity index (χ2n) is 7.23. The maximum absolute atomic E-state index is 12.3. The number of ether oxygens (including phenoxy) is 2. The number of hydrogen-bond donors (Lipinski definition) is 2. The zero-order chi connectivity index (χ0) is 21.9. The lowest BCUT2D eigenvalue weighted by Gasteiger charge is -2.07. The molecule has 0 spiro atoms. The Hall–Kier alpha value is -3.02. The quantitative estimate of drug-likeness (QED) is 0.341. The second-order valence-corrected chi connectivity index (χ2v) is 7.23. The fourth-order valence-corrected chi connectivity index (χ4v) is 3.28. The Kier molecular flexibility index (Phi) is 9.19. The minimum Gasteiger partial charge on any atom is -0.507 e. The van der Waals surface area contributed by atoms with E-state index in [1.165, 1.54) is 26.4 Å². The minimum absolute atomic E-state index is 0.0208. The van der Waals surface area contributed by atoms with Crippen LogP contribution in [0.5, 0.6) is 23.0 Å². The molecule has 6 nitrogen and oxygen atoms in total. The molecule has 0 saturated carbocycles. The molecule has 0 saturated heterocycles. The van der Waals surface area contributed by atoms with Gasteiger partial charge in [0.2, 0.25) is 0 Å². The topological polar surface area (TPSA) is 93.1 Å². The van der Waals surface area contributed by atoms with Crippen LogP contribution < -0.4 is 9.47 Å². The summed E-state index contributed by atoms with van der Waals surface area (Å²) in [5, 5.41) is 19.7. The number of benzene rings is 2. The van der Waals surface area contributed by atoms with E-state index < -0.39 is 0 Å². The van der Waals surface area contributed by atoms with E-state index in [-0.39, 0.29) is 23.1 Å². The summed E-state index contributed by atoms with van der Waals surface area (Å²) in [6.07, 6.45) is 6.08. The molecular weight excluding hydrogens is 384 g/mol. The molecule has 0 fully saturated rings. The number of rotatable bonds is 13. The molecule has 162 valence electrons. The largest absolute Gasteiger partial charge is 0.507 e. The molecule has 0 atom stereocenters. The van der Waals surface area contributed by atoms with Crippen molar-refractivity contribution in [3.8, 4) is 23.0 Å². The Morgan fingerprint density at radius 2 is 1.03 bits per heavy atom. The Bertz CT molecular complexity index is 787. The van der Waals surface area contributed by atoms with Gasteiger partial charge in [-0.3, -0.25) is 9.59 Å². The summed E-state index contributed by atoms with van der Waals surface area (Å²) in [6.45, 7) is 0. The van der Waals surface area contributed by atoms with Crippen molar-refractivity contribution < 1.29 is 29.3 Å². The first-order valence-electron chi connectivity index (χ1n) is 10.3. The lowest BCUT2D eigenvalue weighted by molar-refractivity contribution is 0.0966. The second kappa shape index (κ2) is 11.9. The van der Waals surface area contributed by atoms with Gasteiger partial charge in [-0.25, -0.2) is 0 Å². The third kappa shape index (κ3) is 6.79. The molecule has 2 rings (SSSR count). The molecule has 0 aliphatic heterocycles. The van der Waals surface area contributed by atoms with Crippen molar-refractivity contribution >= 4 is 11.6 Å². The first-order valence-corrected chi connectivity index (χ1v) is 10.3. The summed E-state index contributed by atoms with van der Waals surface area (Å²) in [7, 11) is 3.04. The number of hydrogen-bond acceptors (Lipinski definition) is 6. The van der Waals surface area contributed by atoms with E-state index in [4.69, 9.17) is 9.47 Å². The Balaban J connectivity index is 1.62. The smallest absolute Gasteiger partial charge is 0.166 e. The fourth-order valence-electron chi connectivity index (χ4n) is 3.28. The van der Waals surface area contributed by atoms with Crippen LogP contribution in [0.4, 0.5) is 0 Å². The number of phenolic OH excluding ortho intramolecular Hbond substituents is 2. The molecule has 2 N–H and O–H groups in total. The Morgan fingerprint density at radius 1 is 0.667 bits per heavy atom. The number of carbonyl (C=O) groups is 2. The maximum atomic E-state index is 12.3. The van der Waals surface area contributed by atoms with E-state index in [1.54, 1.807) is 24.3 Å². The fraction of sp³-hybridized carbons (Fsp3) is 0.417. The van der Waals surface area contributed by atoms with Gasteiger partial charge in [0.25, 0.3) is 0 Å². The monoisotopic (exact) mass is 414 g/mol. The number of methoxy groups -OCH3 is 2. The molecule has 0 aromatic heterocycles. The third-order valence-corrected chi connectivity index (χ3v) is 5.07. The zero-order valence-electron chi connectivity index (χ0n) is 17.6. The van der Waals surface area contributed by atoms with Crippen LogP contribution in [0.1, 0.15) is 72.1 Å². The van der Waals surface area contributed by atoms with Gasteiger partial charge < -0.3 is 19.7 Å². The van der Waals surface area contributed by atoms with Crippen LogP contribution in [0.25, 0.3) is 0 Å².